The van der Waals surface area contributed by atoms with Crippen molar-refractivity contribution in [2.75, 3.05) is 31.8 Å². The first-order valence-corrected chi connectivity index (χ1v) is 9.11. The number of nitrogens with one attached hydrogen (secondary N) is 1. The van der Waals surface area contributed by atoms with Gasteiger partial charge in [-0.3, -0.25) is 20.0 Å². The Morgan fingerprint density at radius 1 is 1.18 bits per heavy atom. The molecule has 28 heavy (non-hydrogen) atoms. The van der Waals surface area contributed by atoms with Gasteiger partial charge in [0.15, 0.2) is 0 Å². The predicted octanol–water partition coefficient (Wildman–Crippen LogP) is 1.92. The van der Waals surface area contributed by atoms with Gasteiger partial charge in [-0.25, -0.2) is 5.01 Å². The van der Waals surface area contributed by atoms with Crippen LogP contribution in [0.1, 0.15) is 11.1 Å². The van der Waals surface area contributed by atoms with Crippen molar-refractivity contribution in [1.29, 1.82) is 0 Å². The molecule has 7 nitrogen and oxygen atoms in total. The molecular formula is C21H24N4O3. The Labute approximate surface area is 164 Å². The lowest BCUT2D eigenvalue weighted by atomic mass is 10.2. The first-order chi connectivity index (χ1) is 13.6. The van der Waals surface area contributed by atoms with Gasteiger partial charge < -0.3 is 9.64 Å². The summed E-state index contributed by atoms with van der Waals surface area (Å²) in [6.45, 7) is 3.16. The van der Waals surface area contributed by atoms with Crippen LogP contribution in [0.3, 0.4) is 0 Å². The Kier molecular flexibility index (Phi) is 6.39. The van der Waals surface area contributed by atoms with Crippen LogP contribution >= 0.6 is 0 Å². The molecule has 0 spiro atoms. The van der Waals surface area contributed by atoms with E-state index in [2.05, 4.69) is 10.4 Å². The lowest BCUT2D eigenvalue weighted by Crippen LogP contribution is -2.56. The van der Waals surface area contributed by atoms with Crippen molar-refractivity contribution < 1.29 is 14.3 Å². The third-order valence-corrected chi connectivity index (χ3v) is 4.40. The fourth-order valence-corrected chi connectivity index (χ4v) is 2.85. The lowest BCUT2D eigenvalue weighted by Gasteiger charge is -2.30. The van der Waals surface area contributed by atoms with E-state index in [-0.39, 0.29) is 24.2 Å². The number of nitrogens with zero attached hydrogens (tertiary/aromatic N) is 3. The molecule has 1 heterocycles. The van der Waals surface area contributed by atoms with Crippen LogP contribution in [0.5, 0.6) is 0 Å². The molecule has 1 N–H and O–H groups in total. The van der Waals surface area contributed by atoms with Gasteiger partial charge in [0.25, 0.3) is 11.8 Å². The van der Waals surface area contributed by atoms with E-state index in [9.17, 15) is 9.59 Å². The summed E-state index contributed by atoms with van der Waals surface area (Å²) in [4.78, 5) is 31.2. The fraction of sp³-hybridized carbons (Fsp3) is 0.286. The maximum absolute atomic E-state index is 13.1. The van der Waals surface area contributed by atoms with Gasteiger partial charge in [-0.1, -0.05) is 48.0 Å². The van der Waals surface area contributed by atoms with Crippen LogP contribution in [-0.4, -0.2) is 49.4 Å². The molecule has 0 radical (unpaired) electrons. The molecule has 146 valence electrons. The Hall–Kier alpha value is -3.19. The van der Waals surface area contributed by atoms with Gasteiger partial charge in [0.05, 0.1) is 12.3 Å². The van der Waals surface area contributed by atoms with Gasteiger partial charge in [-0.15, -0.1) is 0 Å². The lowest BCUT2D eigenvalue weighted by molar-refractivity contribution is -0.125. The Morgan fingerprint density at radius 3 is 2.57 bits per heavy atom. The van der Waals surface area contributed by atoms with Gasteiger partial charge in [-0.2, -0.15) is 0 Å². The molecular weight excluding hydrogens is 356 g/mol. The van der Waals surface area contributed by atoms with E-state index in [1.165, 1.54) is 5.01 Å². The summed E-state index contributed by atoms with van der Waals surface area (Å²) in [5.41, 5.74) is 5.65. The number of hydrazine groups is 1. The van der Waals surface area contributed by atoms with E-state index < -0.39 is 0 Å². The first kappa shape index (κ1) is 19.6. The van der Waals surface area contributed by atoms with Crippen molar-refractivity contribution in [2.45, 2.75) is 13.5 Å². The van der Waals surface area contributed by atoms with E-state index >= 15 is 0 Å². The van der Waals surface area contributed by atoms with Crippen LogP contribution in [-0.2, 0) is 20.9 Å². The minimum absolute atomic E-state index is 0.0780. The van der Waals surface area contributed by atoms with Crippen LogP contribution in [0, 0.1) is 6.92 Å². The molecule has 7 heteroatoms. The van der Waals surface area contributed by atoms with Gasteiger partial charge in [0, 0.05) is 20.2 Å². The van der Waals surface area contributed by atoms with Crippen LogP contribution in [0.15, 0.2) is 59.6 Å². The number of hydrogen-bond donors (Lipinski definition) is 1. The summed E-state index contributed by atoms with van der Waals surface area (Å²) >= 11 is 0. The summed E-state index contributed by atoms with van der Waals surface area (Å²) in [5, 5.41) is 1.37. The average Bonchev–Trinajstić information content (AvgIpc) is 2.72. The number of aryl methyl sites for hydroxylation is 1. The number of ether oxygens (including phenoxy) is 1. The Balaban J connectivity index is 1.77. The Morgan fingerprint density at radius 2 is 1.89 bits per heavy atom. The molecule has 0 aromatic heterocycles. The molecule has 1 aliphatic rings. The molecule has 2 aromatic carbocycles. The van der Waals surface area contributed by atoms with Crippen LogP contribution in [0.4, 0.5) is 5.69 Å². The van der Waals surface area contributed by atoms with Gasteiger partial charge >= 0.3 is 0 Å². The first-order valence-electron chi connectivity index (χ1n) is 9.11. The topological polar surface area (TPSA) is 74.2 Å². The number of benzene rings is 2. The quantitative estimate of drug-likeness (QED) is 0.796. The van der Waals surface area contributed by atoms with Crippen LogP contribution < -0.4 is 10.4 Å². The van der Waals surface area contributed by atoms with Crippen molar-refractivity contribution in [1.82, 2.24) is 10.3 Å². The van der Waals surface area contributed by atoms with Crippen LogP contribution in [0.25, 0.3) is 0 Å². The second-order valence-corrected chi connectivity index (χ2v) is 6.55. The summed E-state index contributed by atoms with van der Waals surface area (Å²) in [6, 6.07) is 17.2. The minimum atomic E-state index is -0.273. The highest BCUT2D eigenvalue weighted by molar-refractivity contribution is 6.39. The number of anilines is 1. The van der Waals surface area contributed by atoms with Crippen molar-refractivity contribution in [3.8, 4) is 0 Å². The smallest absolute Gasteiger partial charge is 0.291 e. The zero-order chi connectivity index (χ0) is 19.9. The highest BCUT2D eigenvalue weighted by Crippen LogP contribution is 2.16. The van der Waals surface area contributed by atoms with Gasteiger partial charge in [0.2, 0.25) is 5.84 Å². The molecule has 0 unspecified atom stereocenters. The van der Waals surface area contributed by atoms with E-state index in [0.29, 0.717) is 25.4 Å². The third kappa shape index (κ3) is 4.75. The van der Waals surface area contributed by atoms with Gasteiger partial charge in [-0.05, 0) is 24.6 Å². The molecule has 1 aliphatic heterocycles. The van der Waals surface area contributed by atoms with E-state index in [4.69, 9.17) is 4.74 Å². The number of aliphatic imine (C=N–C) groups is 1. The monoisotopic (exact) mass is 380 g/mol. The third-order valence-electron chi connectivity index (χ3n) is 4.40. The zero-order valence-corrected chi connectivity index (χ0v) is 16.1. The summed E-state index contributed by atoms with van der Waals surface area (Å²) in [5.74, 6) is -0.343. The van der Waals surface area contributed by atoms with Crippen molar-refractivity contribution in [3.05, 3.63) is 65.7 Å². The molecule has 0 saturated carbocycles. The van der Waals surface area contributed by atoms with Gasteiger partial charge in [0.1, 0.15) is 6.54 Å². The van der Waals surface area contributed by atoms with Crippen molar-refractivity contribution in [2.24, 2.45) is 4.99 Å². The molecule has 2 amide bonds. The Bertz CT molecular complexity index is 850. The molecule has 0 bridgehead atoms. The number of carbonyl (C=O) groups excluding carboxylic acids is 2. The van der Waals surface area contributed by atoms with E-state index in [0.717, 1.165) is 11.1 Å². The number of carbonyl (C=O) groups is 2. The largest absolute Gasteiger partial charge is 0.383 e. The summed E-state index contributed by atoms with van der Waals surface area (Å²) in [7, 11) is 1.60. The zero-order valence-electron chi connectivity index (χ0n) is 16.1. The summed E-state index contributed by atoms with van der Waals surface area (Å²) < 4.78 is 5.15. The molecule has 0 fully saturated rings. The number of amides is 2. The SMILES string of the molecule is COCCN(Cc1ccccc1)C(=O)C1=NCC(=O)N(c2ccc(C)cc2)N1. The number of methoxy groups -OCH3 is 1. The van der Waals surface area contributed by atoms with Crippen molar-refractivity contribution in [3.63, 3.8) is 0 Å². The van der Waals surface area contributed by atoms with Crippen LogP contribution in [0.2, 0.25) is 0 Å². The fourth-order valence-electron chi connectivity index (χ4n) is 2.85. The standard InChI is InChI=1S/C21H24N4O3/c1-16-8-10-18(11-9-16)25-19(26)14-22-20(23-25)21(27)24(12-13-28-2)15-17-6-4-3-5-7-17/h3-11H,12-15H2,1-2H3,(H,22,23). The van der Waals surface area contributed by atoms with E-state index in [1.54, 1.807) is 12.0 Å². The molecule has 2 aromatic rings. The second-order valence-electron chi connectivity index (χ2n) is 6.55. The normalized spacial score (nSPS) is 13.7. The second kappa shape index (κ2) is 9.14. The summed E-state index contributed by atoms with van der Waals surface area (Å²) in [6.07, 6.45) is 0. The highest BCUT2D eigenvalue weighted by atomic mass is 16.5. The maximum atomic E-state index is 13.1. The van der Waals surface area contributed by atoms with Crippen molar-refractivity contribution >= 4 is 23.3 Å². The number of hydrogen-bond acceptors (Lipinski definition) is 5. The van der Waals surface area contributed by atoms with E-state index in [1.807, 2.05) is 61.5 Å². The molecule has 0 aliphatic carbocycles. The molecule has 3 rings (SSSR count). The average molecular weight is 380 g/mol. The minimum Gasteiger partial charge on any atom is -0.383 e. The highest BCUT2D eigenvalue weighted by Gasteiger charge is 2.28. The predicted molar refractivity (Wildman–Crippen MR) is 108 cm³/mol. The number of rotatable bonds is 7. The maximum Gasteiger partial charge on any atom is 0.291 e. The molecule has 0 saturated heterocycles. The number of amidine groups is 1. The molecule has 0 atom stereocenters.